The lowest BCUT2D eigenvalue weighted by Gasteiger charge is -2.59. The highest BCUT2D eigenvalue weighted by molar-refractivity contribution is 5.38. The summed E-state index contributed by atoms with van der Waals surface area (Å²) in [6.45, 7) is 1.28. The van der Waals surface area contributed by atoms with E-state index in [1.54, 1.807) is 6.07 Å². The average Bonchev–Trinajstić information content (AvgIpc) is 2.31. The lowest BCUT2D eigenvalue weighted by Crippen LogP contribution is -2.63. The van der Waals surface area contributed by atoms with Gasteiger partial charge in [0.25, 0.3) is 0 Å². The molecule has 1 aliphatic carbocycles. The Hall–Kier alpha value is -1.13. The lowest BCUT2D eigenvalue weighted by molar-refractivity contribution is -0.173. The first-order valence-corrected chi connectivity index (χ1v) is 6.70. The van der Waals surface area contributed by atoms with E-state index in [1.807, 2.05) is 6.07 Å². The molecule has 4 heteroatoms. The molecule has 104 valence electrons. The number of aliphatic hydroxyl groups excluding tert-OH is 1. The van der Waals surface area contributed by atoms with Crippen molar-refractivity contribution in [3.63, 3.8) is 0 Å². The van der Waals surface area contributed by atoms with Crippen LogP contribution in [0.25, 0.3) is 0 Å². The highest BCUT2D eigenvalue weighted by Gasteiger charge is 2.59. The summed E-state index contributed by atoms with van der Waals surface area (Å²) in [6, 6.07) is 5.10. The monoisotopic (exact) mass is 266 g/mol. The SMILES string of the molecule is COc1ccc(C2(C3(CO)CCC3)COC2)cc1F. The van der Waals surface area contributed by atoms with Gasteiger partial charge in [-0.1, -0.05) is 12.5 Å². The molecule has 1 N–H and O–H groups in total. The second kappa shape index (κ2) is 4.46. The number of benzene rings is 1. The van der Waals surface area contributed by atoms with Gasteiger partial charge in [0.05, 0.1) is 20.3 Å². The quantitative estimate of drug-likeness (QED) is 0.908. The first-order chi connectivity index (χ1) is 9.17. The number of hydrogen-bond acceptors (Lipinski definition) is 3. The summed E-state index contributed by atoms with van der Waals surface area (Å²) >= 11 is 0. The Morgan fingerprint density at radius 2 is 2.11 bits per heavy atom. The fourth-order valence-electron chi connectivity index (χ4n) is 3.44. The number of aliphatic hydroxyl groups is 1. The van der Waals surface area contributed by atoms with Crippen LogP contribution < -0.4 is 4.74 Å². The molecule has 0 atom stereocenters. The Bertz CT molecular complexity index is 473. The van der Waals surface area contributed by atoms with E-state index < -0.39 is 0 Å². The van der Waals surface area contributed by atoms with Gasteiger partial charge in [-0.15, -0.1) is 0 Å². The highest BCUT2D eigenvalue weighted by Crippen LogP contribution is 2.58. The largest absolute Gasteiger partial charge is 0.494 e. The van der Waals surface area contributed by atoms with E-state index in [9.17, 15) is 9.50 Å². The maximum atomic E-state index is 13.9. The average molecular weight is 266 g/mol. The van der Waals surface area contributed by atoms with E-state index in [4.69, 9.17) is 9.47 Å². The van der Waals surface area contributed by atoms with Gasteiger partial charge in [-0.05, 0) is 30.5 Å². The zero-order valence-electron chi connectivity index (χ0n) is 11.1. The molecule has 0 radical (unpaired) electrons. The molecule has 2 aliphatic rings. The molecular formula is C15H19FO3. The molecule has 0 unspecified atom stereocenters. The van der Waals surface area contributed by atoms with Crippen LogP contribution in [0.4, 0.5) is 4.39 Å². The predicted molar refractivity (Wildman–Crippen MR) is 68.8 cm³/mol. The van der Waals surface area contributed by atoms with Crippen LogP contribution in [0.1, 0.15) is 24.8 Å². The van der Waals surface area contributed by atoms with Crippen LogP contribution in [0.15, 0.2) is 18.2 Å². The molecule has 0 bridgehead atoms. The van der Waals surface area contributed by atoms with E-state index in [2.05, 4.69) is 0 Å². The van der Waals surface area contributed by atoms with E-state index >= 15 is 0 Å². The van der Waals surface area contributed by atoms with Gasteiger partial charge in [0.2, 0.25) is 0 Å². The summed E-state index contributed by atoms with van der Waals surface area (Å²) in [6.07, 6.45) is 3.10. The maximum absolute atomic E-state index is 13.9. The Morgan fingerprint density at radius 1 is 1.37 bits per heavy atom. The highest BCUT2D eigenvalue weighted by atomic mass is 19.1. The van der Waals surface area contributed by atoms with Gasteiger partial charge in [-0.25, -0.2) is 4.39 Å². The van der Waals surface area contributed by atoms with Crippen LogP contribution in [-0.4, -0.2) is 32.0 Å². The number of ether oxygens (including phenoxy) is 2. The summed E-state index contributed by atoms with van der Waals surface area (Å²) in [7, 11) is 1.46. The molecular weight excluding hydrogens is 247 g/mol. The van der Waals surface area contributed by atoms with Gasteiger partial charge in [-0.3, -0.25) is 0 Å². The third-order valence-corrected chi connectivity index (χ3v) is 5.03. The minimum Gasteiger partial charge on any atom is -0.494 e. The van der Waals surface area contributed by atoms with Gasteiger partial charge in [0.1, 0.15) is 0 Å². The maximum Gasteiger partial charge on any atom is 0.165 e. The topological polar surface area (TPSA) is 38.7 Å². The Morgan fingerprint density at radius 3 is 2.47 bits per heavy atom. The summed E-state index contributed by atoms with van der Waals surface area (Å²) in [5, 5.41) is 9.79. The van der Waals surface area contributed by atoms with Crippen LogP contribution >= 0.6 is 0 Å². The standard InChI is InChI=1S/C15H19FO3/c1-18-13-4-3-11(7-12(13)16)15(9-19-10-15)14(8-17)5-2-6-14/h3-4,7,17H,2,5-6,8-10H2,1H3. The Kier molecular flexibility index (Phi) is 3.02. The van der Waals surface area contributed by atoms with Crippen molar-refractivity contribution < 1.29 is 19.0 Å². The van der Waals surface area contributed by atoms with Gasteiger partial charge < -0.3 is 14.6 Å². The second-order valence-electron chi connectivity index (χ2n) is 5.72. The summed E-state index contributed by atoms with van der Waals surface area (Å²) in [5.41, 5.74) is 0.560. The molecule has 3 rings (SSSR count). The van der Waals surface area contributed by atoms with Crippen molar-refractivity contribution in [2.24, 2.45) is 5.41 Å². The van der Waals surface area contributed by atoms with E-state index in [1.165, 1.54) is 13.2 Å². The number of halogens is 1. The van der Waals surface area contributed by atoms with Crippen molar-refractivity contribution in [2.45, 2.75) is 24.7 Å². The molecule has 3 nitrogen and oxygen atoms in total. The smallest absolute Gasteiger partial charge is 0.165 e. The Balaban J connectivity index is 2.00. The van der Waals surface area contributed by atoms with Crippen molar-refractivity contribution in [2.75, 3.05) is 26.9 Å². The van der Waals surface area contributed by atoms with E-state index in [0.29, 0.717) is 13.2 Å². The number of methoxy groups -OCH3 is 1. The molecule has 1 saturated carbocycles. The summed E-state index contributed by atoms with van der Waals surface area (Å²) < 4.78 is 24.3. The number of rotatable bonds is 4. The molecule has 1 saturated heterocycles. The van der Waals surface area contributed by atoms with E-state index in [-0.39, 0.29) is 29.0 Å². The van der Waals surface area contributed by atoms with Gasteiger partial charge >= 0.3 is 0 Å². The van der Waals surface area contributed by atoms with Crippen LogP contribution in [0.2, 0.25) is 0 Å². The fraction of sp³-hybridized carbons (Fsp3) is 0.600. The Labute approximate surface area is 112 Å². The van der Waals surface area contributed by atoms with Crippen molar-refractivity contribution in [3.05, 3.63) is 29.6 Å². The van der Waals surface area contributed by atoms with Gasteiger partial charge in [-0.2, -0.15) is 0 Å². The van der Waals surface area contributed by atoms with Gasteiger partial charge in [0, 0.05) is 17.4 Å². The van der Waals surface area contributed by atoms with Crippen LogP contribution in [0, 0.1) is 11.2 Å². The van der Waals surface area contributed by atoms with Crippen molar-refractivity contribution in [3.8, 4) is 5.75 Å². The minimum atomic E-state index is -0.348. The molecule has 0 aromatic heterocycles. The van der Waals surface area contributed by atoms with Crippen molar-refractivity contribution in [1.29, 1.82) is 0 Å². The second-order valence-corrected chi connectivity index (χ2v) is 5.72. The van der Waals surface area contributed by atoms with Crippen molar-refractivity contribution in [1.82, 2.24) is 0 Å². The fourth-order valence-corrected chi connectivity index (χ4v) is 3.44. The van der Waals surface area contributed by atoms with Gasteiger partial charge in [0.15, 0.2) is 11.6 Å². The van der Waals surface area contributed by atoms with E-state index in [0.717, 1.165) is 24.8 Å². The molecule has 0 spiro atoms. The van der Waals surface area contributed by atoms with Crippen LogP contribution in [0.3, 0.4) is 0 Å². The predicted octanol–water partition coefficient (Wildman–Crippen LogP) is 2.26. The summed E-state index contributed by atoms with van der Waals surface area (Å²) in [4.78, 5) is 0. The molecule has 0 amide bonds. The number of hydrogen-bond donors (Lipinski definition) is 1. The molecule has 1 aromatic carbocycles. The van der Waals surface area contributed by atoms with Crippen LogP contribution in [-0.2, 0) is 10.2 Å². The third-order valence-electron chi connectivity index (χ3n) is 5.03. The zero-order valence-corrected chi connectivity index (χ0v) is 11.1. The van der Waals surface area contributed by atoms with Crippen molar-refractivity contribution >= 4 is 0 Å². The first kappa shape index (κ1) is 12.9. The minimum absolute atomic E-state index is 0.133. The lowest BCUT2D eigenvalue weighted by atomic mass is 9.50. The molecule has 1 aromatic rings. The molecule has 2 fully saturated rings. The molecule has 19 heavy (non-hydrogen) atoms. The first-order valence-electron chi connectivity index (χ1n) is 6.70. The summed E-state index contributed by atoms with van der Waals surface area (Å²) in [5.74, 6) is -0.0931. The zero-order chi connectivity index (χ0) is 13.5. The third kappa shape index (κ3) is 1.63. The normalized spacial score (nSPS) is 23.3. The molecule has 1 aliphatic heterocycles. The molecule has 1 heterocycles. The van der Waals surface area contributed by atoms with Crippen LogP contribution in [0.5, 0.6) is 5.75 Å².